The van der Waals surface area contributed by atoms with Gasteiger partial charge in [-0.15, -0.1) is 0 Å². The van der Waals surface area contributed by atoms with Gasteiger partial charge in [0.05, 0.1) is 15.5 Å². The Morgan fingerprint density at radius 3 is 2.56 bits per heavy atom. The number of non-ortho nitro benzene ring substituents is 1. The first kappa shape index (κ1) is 20.7. The smallest absolute Gasteiger partial charge is 0.303 e. The number of nitro groups is 1. The quantitative estimate of drug-likeness (QED) is 0.522. The van der Waals surface area contributed by atoms with Crippen LogP contribution >= 0.6 is 11.6 Å². The summed E-state index contributed by atoms with van der Waals surface area (Å²) in [7, 11) is -4.14. The number of carbonyl (C=O) groups is 1. The number of rotatable bonds is 8. The molecule has 0 aromatic heterocycles. The van der Waals surface area contributed by atoms with Gasteiger partial charge in [-0.25, -0.2) is 8.42 Å². The maximum atomic E-state index is 13.1. The summed E-state index contributed by atoms with van der Waals surface area (Å²) < 4.78 is 27.2. The molecule has 144 valence electrons. The molecule has 0 saturated heterocycles. The molecular weight excluding hydrogens is 396 g/mol. The van der Waals surface area contributed by atoms with Crippen molar-refractivity contribution in [2.75, 3.05) is 10.8 Å². The van der Waals surface area contributed by atoms with E-state index in [4.69, 9.17) is 16.7 Å². The van der Waals surface area contributed by atoms with Crippen LogP contribution in [0.15, 0.2) is 47.4 Å². The van der Waals surface area contributed by atoms with Crippen molar-refractivity contribution in [3.8, 4) is 0 Å². The van der Waals surface area contributed by atoms with Gasteiger partial charge in [-0.05, 0) is 43.2 Å². The number of carboxylic acid groups (broad SMARTS) is 1. The molecule has 0 amide bonds. The SMILES string of the molecule is Cc1cc(N(CCCC(=O)O)S(=O)(=O)c2cccc([N+](=O)[O-])c2)ccc1Cl. The number of nitro benzene ring substituents is 1. The second-order valence-corrected chi connectivity index (χ2v) is 8.03. The van der Waals surface area contributed by atoms with Crippen LogP contribution in [0.5, 0.6) is 0 Å². The minimum Gasteiger partial charge on any atom is -0.481 e. The number of halogens is 1. The van der Waals surface area contributed by atoms with Gasteiger partial charge in [0.1, 0.15) is 0 Å². The molecule has 2 aromatic rings. The Kier molecular flexibility index (Phi) is 6.40. The average molecular weight is 413 g/mol. The third-order valence-electron chi connectivity index (χ3n) is 3.80. The first-order valence-corrected chi connectivity index (χ1v) is 9.70. The Labute approximate surface area is 161 Å². The zero-order chi connectivity index (χ0) is 20.2. The highest BCUT2D eigenvalue weighted by Crippen LogP contribution is 2.29. The summed E-state index contributed by atoms with van der Waals surface area (Å²) in [5.41, 5.74) is 0.592. The highest BCUT2D eigenvalue weighted by Gasteiger charge is 2.27. The maximum absolute atomic E-state index is 13.1. The molecule has 0 saturated carbocycles. The molecule has 27 heavy (non-hydrogen) atoms. The number of hydrogen-bond acceptors (Lipinski definition) is 5. The van der Waals surface area contributed by atoms with Crippen LogP contribution in [0.4, 0.5) is 11.4 Å². The summed E-state index contributed by atoms with van der Waals surface area (Å²) in [6.07, 6.45) is -0.140. The second-order valence-electron chi connectivity index (χ2n) is 5.76. The van der Waals surface area contributed by atoms with Crippen molar-refractivity contribution in [1.82, 2.24) is 0 Å². The number of aliphatic carboxylic acids is 1. The Bertz CT molecular complexity index is 977. The predicted octanol–water partition coefficient (Wildman–Crippen LogP) is 3.62. The number of carboxylic acids is 1. The molecule has 10 heteroatoms. The lowest BCUT2D eigenvalue weighted by Crippen LogP contribution is -2.32. The van der Waals surface area contributed by atoms with Crippen molar-refractivity contribution in [3.63, 3.8) is 0 Å². The number of sulfonamides is 1. The minimum absolute atomic E-state index is 0.0746. The summed E-state index contributed by atoms with van der Waals surface area (Å²) in [6, 6.07) is 9.33. The van der Waals surface area contributed by atoms with Gasteiger partial charge in [0, 0.05) is 30.1 Å². The largest absolute Gasteiger partial charge is 0.481 e. The van der Waals surface area contributed by atoms with E-state index in [1.54, 1.807) is 19.1 Å². The normalized spacial score (nSPS) is 11.2. The Hall–Kier alpha value is -2.65. The fourth-order valence-corrected chi connectivity index (χ4v) is 4.08. The summed E-state index contributed by atoms with van der Waals surface area (Å²) in [6.45, 7) is 1.61. The topological polar surface area (TPSA) is 118 Å². The van der Waals surface area contributed by atoms with E-state index in [1.807, 2.05) is 0 Å². The number of anilines is 1. The van der Waals surface area contributed by atoms with Gasteiger partial charge in [0.25, 0.3) is 15.7 Å². The lowest BCUT2D eigenvalue weighted by Gasteiger charge is -2.25. The maximum Gasteiger partial charge on any atom is 0.303 e. The molecule has 0 unspecified atom stereocenters. The van der Waals surface area contributed by atoms with Crippen LogP contribution in [-0.4, -0.2) is 31.0 Å². The van der Waals surface area contributed by atoms with Crippen LogP contribution in [0.2, 0.25) is 5.02 Å². The van der Waals surface area contributed by atoms with Crippen LogP contribution in [0, 0.1) is 17.0 Å². The molecule has 0 atom stereocenters. The van der Waals surface area contributed by atoms with Gasteiger partial charge in [0.2, 0.25) is 0 Å². The molecule has 1 N–H and O–H groups in total. The second kappa shape index (κ2) is 8.36. The fraction of sp³-hybridized carbons (Fsp3) is 0.235. The average Bonchev–Trinajstić information content (AvgIpc) is 2.61. The van der Waals surface area contributed by atoms with Gasteiger partial charge in [-0.3, -0.25) is 19.2 Å². The minimum atomic E-state index is -4.14. The van der Waals surface area contributed by atoms with E-state index in [-0.39, 0.29) is 30.0 Å². The highest BCUT2D eigenvalue weighted by molar-refractivity contribution is 7.92. The Balaban J connectivity index is 2.50. The third-order valence-corrected chi connectivity index (χ3v) is 6.05. The Morgan fingerprint density at radius 1 is 1.26 bits per heavy atom. The lowest BCUT2D eigenvalue weighted by molar-refractivity contribution is -0.385. The van der Waals surface area contributed by atoms with E-state index < -0.39 is 20.9 Å². The van der Waals surface area contributed by atoms with Crippen molar-refractivity contribution < 1.29 is 23.2 Å². The van der Waals surface area contributed by atoms with Crippen LogP contribution in [0.25, 0.3) is 0 Å². The number of hydrogen-bond donors (Lipinski definition) is 1. The monoisotopic (exact) mass is 412 g/mol. The molecule has 2 rings (SSSR count). The summed E-state index contributed by atoms with van der Waals surface area (Å²) >= 11 is 6.00. The van der Waals surface area contributed by atoms with Crippen molar-refractivity contribution in [2.24, 2.45) is 0 Å². The fourth-order valence-electron chi connectivity index (χ4n) is 2.43. The third kappa shape index (κ3) is 4.95. The van der Waals surface area contributed by atoms with Gasteiger partial charge in [-0.1, -0.05) is 17.7 Å². The van der Waals surface area contributed by atoms with E-state index in [9.17, 15) is 23.3 Å². The Morgan fingerprint density at radius 2 is 1.96 bits per heavy atom. The zero-order valence-corrected chi connectivity index (χ0v) is 15.9. The highest BCUT2D eigenvalue weighted by atomic mass is 35.5. The molecule has 8 nitrogen and oxygen atoms in total. The van der Waals surface area contributed by atoms with Crippen LogP contribution < -0.4 is 4.31 Å². The van der Waals surface area contributed by atoms with E-state index >= 15 is 0 Å². The molecule has 0 aliphatic heterocycles. The molecular formula is C17H17ClN2O6S. The molecule has 0 bridgehead atoms. The van der Waals surface area contributed by atoms with Gasteiger partial charge in [0.15, 0.2) is 0 Å². The first-order chi connectivity index (χ1) is 12.6. The van der Waals surface area contributed by atoms with Crippen molar-refractivity contribution in [3.05, 3.63) is 63.2 Å². The van der Waals surface area contributed by atoms with E-state index in [1.165, 1.54) is 24.3 Å². The lowest BCUT2D eigenvalue weighted by atomic mass is 10.2. The molecule has 0 radical (unpaired) electrons. The predicted molar refractivity (Wildman–Crippen MR) is 101 cm³/mol. The van der Waals surface area contributed by atoms with Crippen molar-refractivity contribution >= 4 is 39.0 Å². The number of aryl methyl sites for hydroxylation is 1. The van der Waals surface area contributed by atoms with Gasteiger partial charge >= 0.3 is 5.97 Å². The number of nitrogens with zero attached hydrogens (tertiary/aromatic N) is 2. The van der Waals surface area contributed by atoms with Crippen LogP contribution in [0.1, 0.15) is 18.4 Å². The van der Waals surface area contributed by atoms with Gasteiger partial charge in [-0.2, -0.15) is 0 Å². The van der Waals surface area contributed by atoms with E-state index in [0.29, 0.717) is 16.3 Å². The first-order valence-electron chi connectivity index (χ1n) is 7.88. The summed E-state index contributed by atoms with van der Waals surface area (Å²) in [5.74, 6) is -1.05. The zero-order valence-electron chi connectivity index (χ0n) is 14.3. The summed E-state index contributed by atoms with van der Waals surface area (Å²) in [5, 5.41) is 20.3. The summed E-state index contributed by atoms with van der Waals surface area (Å²) in [4.78, 5) is 20.8. The van der Waals surface area contributed by atoms with E-state index in [2.05, 4.69) is 0 Å². The van der Waals surface area contributed by atoms with Gasteiger partial charge < -0.3 is 5.11 Å². The van der Waals surface area contributed by atoms with E-state index in [0.717, 1.165) is 10.4 Å². The van der Waals surface area contributed by atoms with Crippen LogP contribution in [0.3, 0.4) is 0 Å². The van der Waals surface area contributed by atoms with Crippen LogP contribution in [-0.2, 0) is 14.8 Å². The number of benzene rings is 2. The molecule has 0 fully saturated rings. The van der Waals surface area contributed by atoms with Crippen molar-refractivity contribution in [1.29, 1.82) is 0 Å². The molecule has 0 aliphatic carbocycles. The molecule has 0 spiro atoms. The standard InChI is InChI=1S/C17H17ClN2O6S/c1-12-10-13(7-8-16(12)18)19(9-3-6-17(21)22)27(25,26)15-5-2-4-14(11-15)20(23)24/h2,4-5,7-8,10-11H,3,6,9H2,1H3,(H,21,22). The molecule has 0 aliphatic rings. The molecule has 0 heterocycles. The molecule has 2 aromatic carbocycles. The van der Waals surface area contributed by atoms with Crippen molar-refractivity contribution in [2.45, 2.75) is 24.7 Å².